The van der Waals surface area contributed by atoms with Gasteiger partial charge in [-0.15, -0.1) is 0 Å². The number of aromatic nitrogens is 2. The number of rotatable bonds is 4. The number of benzene rings is 1. The van der Waals surface area contributed by atoms with Crippen LogP contribution in [0.25, 0.3) is 5.69 Å². The molecule has 0 aliphatic carbocycles. The van der Waals surface area contributed by atoms with Gasteiger partial charge in [0.25, 0.3) is 0 Å². The Hall–Kier alpha value is -2.83. The molecule has 1 saturated heterocycles. The monoisotopic (exact) mass is 313 g/mol. The summed E-state index contributed by atoms with van der Waals surface area (Å²) < 4.78 is 1.78. The van der Waals surface area contributed by atoms with Gasteiger partial charge in [0, 0.05) is 33.0 Å². The molecule has 1 aliphatic heterocycles. The number of carbonyl (C=O) groups is 2. The van der Waals surface area contributed by atoms with Crippen molar-refractivity contribution < 1.29 is 9.59 Å². The van der Waals surface area contributed by atoms with Crippen molar-refractivity contribution in [2.75, 3.05) is 20.6 Å². The number of carbonyl (C=O) groups excluding carboxylic acids is 2. The van der Waals surface area contributed by atoms with Crippen LogP contribution in [0.1, 0.15) is 5.56 Å². The molecule has 0 spiro atoms. The number of likely N-dealkylation sites (N-methyl/N-ethyl adjacent to an activating group) is 2. The Morgan fingerprint density at radius 1 is 1.43 bits per heavy atom. The molecule has 1 atom stereocenters. The highest BCUT2D eigenvalue weighted by Crippen LogP contribution is 2.12. The molecule has 1 N–H and O–H groups in total. The summed E-state index contributed by atoms with van der Waals surface area (Å²) in [4.78, 5) is 27.0. The molecule has 1 unspecified atom stereocenters. The van der Waals surface area contributed by atoms with Crippen molar-refractivity contribution in [2.45, 2.75) is 12.6 Å². The molecular weight excluding hydrogens is 294 g/mol. The molecule has 0 bridgehead atoms. The minimum atomic E-state index is -0.480. The van der Waals surface area contributed by atoms with Crippen LogP contribution >= 0.6 is 0 Å². The quantitative estimate of drug-likeness (QED) is 0.910. The van der Waals surface area contributed by atoms with E-state index in [9.17, 15) is 9.59 Å². The summed E-state index contributed by atoms with van der Waals surface area (Å²) in [5, 5.41) is 6.89. The van der Waals surface area contributed by atoms with Gasteiger partial charge in [0.05, 0.1) is 12.2 Å². The van der Waals surface area contributed by atoms with E-state index in [4.69, 9.17) is 0 Å². The molecule has 3 amide bonds. The number of nitrogens with one attached hydrogen (secondary N) is 1. The Morgan fingerprint density at radius 2 is 2.26 bits per heavy atom. The van der Waals surface area contributed by atoms with E-state index in [1.165, 1.54) is 4.90 Å². The fourth-order valence-corrected chi connectivity index (χ4v) is 2.64. The third-order valence-electron chi connectivity index (χ3n) is 3.87. The average Bonchev–Trinajstić information content (AvgIpc) is 3.18. The van der Waals surface area contributed by atoms with Crippen LogP contribution in [-0.2, 0) is 11.3 Å². The topological polar surface area (TPSA) is 70.5 Å². The van der Waals surface area contributed by atoms with Crippen molar-refractivity contribution in [1.29, 1.82) is 0 Å². The predicted molar refractivity (Wildman–Crippen MR) is 85.0 cm³/mol. The van der Waals surface area contributed by atoms with Crippen LogP contribution < -0.4 is 5.32 Å². The van der Waals surface area contributed by atoms with Crippen molar-refractivity contribution in [1.82, 2.24) is 24.9 Å². The van der Waals surface area contributed by atoms with E-state index in [1.54, 1.807) is 29.9 Å². The molecule has 1 aromatic heterocycles. The lowest BCUT2D eigenvalue weighted by Crippen LogP contribution is -2.43. The Morgan fingerprint density at radius 3 is 2.91 bits per heavy atom. The van der Waals surface area contributed by atoms with E-state index < -0.39 is 6.04 Å². The third kappa shape index (κ3) is 3.18. The largest absolute Gasteiger partial charge is 0.340 e. The van der Waals surface area contributed by atoms with E-state index in [2.05, 4.69) is 10.4 Å². The molecule has 1 aliphatic rings. The first kappa shape index (κ1) is 15.1. The van der Waals surface area contributed by atoms with Gasteiger partial charge in [-0.3, -0.25) is 4.79 Å². The van der Waals surface area contributed by atoms with E-state index in [1.807, 2.05) is 36.5 Å². The summed E-state index contributed by atoms with van der Waals surface area (Å²) in [6.45, 7) is 0.874. The predicted octanol–water partition coefficient (Wildman–Crippen LogP) is 0.854. The van der Waals surface area contributed by atoms with Crippen molar-refractivity contribution in [3.63, 3.8) is 0 Å². The number of amides is 3. The molecular formula is C16H19N5O2. The van der Waals surface area contributed by atoms with Gasteiger partial charge in [-0.25, -0.2) is 9.48 Å². The summed E-state index contributed by atoms with van der Waals surface area (Å²) >= 11 is 0. The normalized spacial score (nSPS) is 17.2. The summed E-state index contributed by atoms with van der Waals surface area (Å²) in [7, 11) is 3.42. The highest BCUT2D eigenvalue weighted by atomic mass is 16.2. The zero-order chi connectivity index (χ0) is 16.4. The highest BCUT2D eigenvalue weighted by molar-refractivity contribution is 5.90. The van der Waals surface area contributed by atoms with Gasteiger partial charge >= 0.3 is 6.03 Å². The van der Waals surface area contributed by atoms with Gasteiger partial charge < -0.3 is 15.1 Å². The average molecular weight is 313 g/mol. The lowest BCUT2D eigenvalue weighted by Gasteiger charge is -2.21. The molecule has 0 radical (unpaired) electrons. The Kier molecular flexibility index (Phi) is 4.01. The van der Waals surface area contributed by atoms with Gasteiger partial charge in [0.1, 0.15) is 6.04 Å². The second-order valence-electron chi connectivity index (χ2n) is 5.70. The van der Waals surface area contributed by atoms with Gasteiger partial charge in [0.15, 0.2) is 0 Å². The molecule has 23 heavy (non-hydrogen) atoms. The second-order valence-corrected chi connectivity index (χ2v) is 5.70. The van der Waals surface area contributed by atoms with Crippen LogP contribution in [0.3, 0.4) is 0 Å². The lowest BCUT2D eigenvalue weighted by atomic mass is 10.1. The molecule has 7 nitrogen and oxygen atoms in total. The first-order valence-corrected chi connectivity index (χ1v) is 7.40. The van der Waals surface area contributed by atoms with E-state index in [-0.39, 0.29) is 11.9 Å². The highest BCUT2D eigenvalue weighted by Gasteiger charge is 2.32. The maximum atomic E-state index is 12.4. The summed E-state index contributed by atoms with van der Waals surface area (Å²) in [6, 6.07) is 9.04. The molecule has 1 fully saturated rings. The second kappa shape index (κ2) is 6.12. The van der Waals surface area contributed by atoms with Crippen LogP contribution in [0.15, 0.2) is 42.7 Å². The lowest BCUT2D eigenvalue weighted by molar-refractivity contribution is -0.132. The summed E-state index contributed by atoms with van der Waals surface area (Å²) in [6.07, 6.45) is 3.60. The molecule has 0 saturated carbocycles. The van der Waals surface area contributed by atoms with Crippen molar-refractivity contribution in [3.8, 4) is 5.69 Å². The van der Waals surface area contributed by atoms with Crippen molar-refractivity contribution >= 4 is 11.9 Å². The first-order valence-electron chi connectivity index (χ1n) is 7.40. The van der Waals surface area contributed by atoms with Crippen LogP contribution in [0.4, 0.5) is 4.79 Å². The fraction of sp³-hybridized carbons (Fsp3) is 0.312. The van der Waals surface area contributed by atoms with Gasteiger partial charge in [-0.05, 0) is 23.8 Å². The molecule has 2 aromatic rings. The van der Waals surface area contributed by atoms with Crippen LogP contribution in [0.2, 0.25) is 0 Å². The minimum absolute atomic E-state index is 0.0906. The summed E-state index contributed by atoms with van der Waals surface area (Å²) in [5.41, 5.74) is 1.95. The number of hydrogen-bond donors (Lipinski definition) is 1. The summed E-state index contributed by atoms with van der Waals surface area (Å²) in [5.74, 6) is -0.0906. The zero-order valence-electron chi connectivity index (χ0n) is 13.1. The minimum Gasteiger partial charge on any atom is -0.340 e. The molecule has 2 heterocycles. The van der Waals surface area contributed by atoms with Crippen molar-refractivity contribution in [3.05, 3.63) is 48.3 Å². The van der Waals surface area contributed by atoms with Gasteiger partial charge in [0.2, 0.25) is 5.91 Å². The van der Waals surface area contributed by atoms with Gasteiger partial charge in [-0.1, -0.05) is 12.1 Å². The Bertz CT molecular complexity index is 713. The molecule has 120 valence electrons. The Balaban J connectivity index is 1.68. The van der Waals surface area contributed by atoms with E-state index >= 15 is 0 Å². The maximum Gasteiger partial charge on any atom is 0.317 e. The fourth-order valence-electron chi connectivity index (χ4n) is 2.64. The first-order chi connectivity index (χ1) is 11.0. The van der Waals surface area contributed by atoms with Crippen LogP contribution in [0.5, 0.6) is 0 Å². The molecule has 1 aromatic carbocycles. The van der Waals surface area contributed by atoms with Crippen LogP contribution in [-0.4, -0.2) is 58.2 Å². The van der Waals surface area contributed by atoms with Gasteiger partial charge in [-0.2, -0.15) is 5.10 Å². The SMILES string of the molecule is CN1CC(C(=O)N(C)Cc2cccc(-n3cccn3)c2)NC1=O. The number of hydrogen-bond acceptors (Lipinski definition) is 3. The third-order valence-corrected chi connectivity index (χ3v) is 3.87. The standard InChI is InChI=1S/C16H19N5O2/c1-19(15(22)14-11-20(2)16(23)18-14)10-12-5-3-6-13(9-12)21-8-4-7-17-21/h3-9,14H,10-11H2,1-2H3,(H,18,23). The van der Waals surface area contributed by atoms with E-state index in [0.29, 0.717) is 13.1 Å². The zero-order valence-corrected chi connectivity index (χ0v) is 13.1. The van der Waals surface area contributed by atoms with E-state index in [0.717, 1.165) is 11.3 Å². The number of urea groups is 1. The Labute approximate surface area is 134 Å². The smallest absolute Gasteiger partial charge is 0.317 e. The number of nitrogens with zero attached hydrogens (tertiary/aromatic N) is 4. The van der Waals surface area contributed by atoms with Crippen LogP contribution in [0, 0.1) is 0 Å². The molecule has 7 heteroatoms. The molecule has 3 rings (SSSR count). The van der Waals surface area contributed by atoms with Crippen molar-refractivity contribution in [2.24, 2.45) is 0 Å². The maximum absolute atomic E-state index is 12.4.